The molecule has 0 atom stereocenters. The highest BCUT2D eigenvalue weighted by Gasteiger charge is 2.48. The van der Waals surface area contributed by atoms with Crippen molar-refractivity contribution >= 4 is 16.1 Å². The van der Waals surface area contributed by atoms with Crippen LogP contribution in [-0.4, -0.2) is 26.5 Å². The van der Waals surface area contributed by atoms with Crippen LogP contribution in [0.3, 0.4) is 0 Å². The van der Waals surface area contributed by atoms with Crippen LogP contribution in [0, 0.1) is 0 Å². The lowest BCUT2D eigenvalue weighted by molar-refractivity contribution is -0.138. The molecule has 1 aromatic carbocycles. The summed E-state index contributed by atoms with van der Waals surface area (Å²) in [6.07, 6.45) is -0.126. The Morgan fingerprint density at radius 2 is 1.74 bits per heavy atom. The Balaban J connectivity index is 3.18. The molecule has 0 saturated carbocycles. The fraction of sp³-hybridized carbons (Fsp3) is 0.357. The average molecular weight is 352 g/mol. The van der Waals surface area contributed by atoms with E-state index in [4.69, 9.17) is 4.74 Å². The quantitative estimate of drug-likeness (QED) is 0.259. The largest absolute Gasteiger partial charge is 0.534 e. The maximum Gasteiger partial charge on any atom is 0.534 e. The number of carbonyl (C=O) groups is 1. The van der Waals surface area contributed by atoms with E-state index in [2.05, 4.69) is 4.18 Å². The van der Waals surface area contributed by atoms with Gasteiger partial charge in [-0.05, 0) is 19.4 Å². The van der Waals surface area contributed by atoms with Crippen LogP contribution in [0.5, 0.6) is 0 Å². The van der Waals surface area contributed by atoms with E-state index in [-0.39, 0.29) is 18.6 Å². The third-order valence-corrected chi connectivity index (χ3v) is 3.73. The Labute approximate surface area is 131 Å². The van der Waals surface area contributed by atoms with Crippen molar-refractivity contribution in [2.75, 3.05) is 6.61 Å². The Morgan fingerprint density at radius 1 is 1.17 bits per heavy atom. The summed E-state index contributed by atoms with van der Waals surface area (Å²) in [5.74, 6) is -1.61. The van der Waals surface area contributed by atoms with E-state index in [1.807, 2.05) is 0 Å². The lowest BCUT2D eigenvalue weighted by Gasteiger charge is -2.14. The summed E-state index contributed by atoms with van der Waals surface area (Å²) in [6, 6.07) is 8.31. The number of benzene rings is 1. The molecule has 0 heterocycles. The first-order valence-corrected chi connectivity index (χ1v) is 7.91. The van der Waals surface area contributed by atoms with Crippen LogP contribution in [0.15, 0.2) is 41.7 Å². The molecule has 0 aromatic heterocycles. The van der Waals surface area contributed by atoms with Gasteiger partial charge in [-0.15, -0.1) is 0 Å². The standard InChI is InChI=1S/C14H15F3O5S/c1-3-21-13(18)12(9-11-7-5-4-6-8-11)10(2)22-23(19,20)14(15,16)17/h4-8H,3,9H2,1-2H3/b12-10+. The minimum atomic E-state index is -5.85. The normalized spacial score (nSPS) is 13.3. The SMILES string of the molecule is CCOC(=O)/C(Cc1ccccc1)=C(\C)OS(=O)(=O)C(F)(F)F. The number of rotatable bonds is 6. The summed E-state index contributed by atoms with van der Waals surface area (Å²) < 4.78 is 68.1. The van der Waals surface area contributed by atoms with E-state index in [0.29, 0.717) is 5.56 Å². The number of carbonyl (C=O) groups excluding carboxylic acids is 1. The molecule has 0 radical (unpaired) electrons. The first-order chi connectivity index (χ1) is 10.6. The van der Waals surface area contributed by atoms with Crippen LogP contribution < -0.4 is 0 Å². The molecule has 1 rings (SSSR count). The molecule has 0 fully saturated rings. The Bertz CT molecular complexity index is 678. The predicted molar refractivity (Wildman–Crippen MR) is 75.5 cm³/mol. The molecule has 0 saturated heterocycles. The molecule has 128 valence electrons. The molecule has 23 heavy (non-hydrogen) atoms. The van der Waals surface area contributed by atoms with Gasteiger partial charge in [0.2, 0.25) is 0 Å². The Morgan fingerprint density at radius 3 is 2.22 bits per heavy atom. The zero-order valence-corrected chi connectivity index (χ0v) is 13.2. The lowest BCUT2D eigenvalue weighted by Crippen LogP contribution is -2.26. The summed E-state index contributed by atoms with van der Waals surface area (Å²) in [6.45, 7) is 2.47. The number of hydrogen-bond donors (Lipinski definition) is 0. The first-order valence-electron chi connectivity index (χ1n) is 6.50. The first kappa shape index (κ1) is 19.0. The summed E-state index contributed by atoms with van der Waals surface area (Å²) >= 11 is 0. The van der Waals surface area contributed by atoms with Crippen molar-refractivity contribution in [3.05, 3.63) is 47.2 Å². The van der Waals surface area contributed by atoms with E-state index < -0.39 is 27.4 Å². The van der Waals surface area contributed by atoms with Crippen LogP contribution in [0.1, 0.15) is 19.4 Å². The highest BCUT2D eigenvalue weighted by molar-refractivity contribution is 7.87. The fourth-order valence-electron chi connectivity index (χ4n) is 1.62. The van der Waals surface area contributed by atoms with Gasteiger partial charge in [-0.25, -0.2) is 4.79 Å². The van der Waals surface area contributed by atoms with Crippen molar-refractivity contribution in [1.29, 1.82) is 0 Å². The fourth-order valence-corrected chi connectivity index (χ4v) is 2.14. The summed E-state index contributed by atoms with van der Waals surface area (Å²) in [5, 5.41) is 0. The number of esters is 1. The average Bonchev–Trinajstić information content (AvgIpc) is 2.44. The van der Waals surface area contributed by atoms with E-state index in [1.165, 1.54) is 6.92 Å². The van der Waals surface area contributed by atoms with Gasteiger partial charge in [-0.3, -0.25) is 0 Å². The zero-order valence-electron chi connectivity index (χ0n) is 12.4. The van der Waals surface area contributed by atoms with Gasteiger partial charge in [0.25, 0.3) is 0 Å². The van der Waals surface area contributed by atoms with Crippen molar-refractivity contribution in [3.8, 4) is 0 Å². The molecular weight excluding hydrogens is 337 g/mol. The van der Waals surface area contributed by atoms with Crippen LogP contribution in [0.4, 0.5) is 13.2 Å². The molecule has 5 nitrogen and oxygen atoms in total. The molecule has 0 aliphatic heterocycles. The van der Waals surface area contributed by atoms with Crippen LogP contribution in [0.25, 0.3) is 0 Å². The third kappa shape index (κ3) is 5.27. The van der Waals surface area contributed by atoms with Crippen LogP contribution >= 0.6 is 0 Å². The monoisotopic (exact) mass is 352 g/mol. The summed E-state index contributed by atoms with van der Waals surface area (Å²) in [5.41, 5.74) is -5.30. The molecule has 0 aliphatic rings. The molecular formula is C14H15F3O5S. The van der Waals surface area contributed by atoms with Gasteiger partial charge in [0.05, 0.1) is 12.2 Å². The highest BCUT2D eigenvalue weighted by Crippen LogP contribution is 2.28. The summed E-state index contributed by atoms with van der Waals surface area (Å²) in [4.78, 5) is 11.9. The molecule has 0 amide bonds. The van der Waals surface area contributed by atoms with Crippen molar-refractivity contribution in [3.63, 3.8) is 0 Å². The number of ether oxygens (including phenoxy) is 1. The Hall–Kier alpha value is -2.03. The molecule has 0 unspecified atom stereocenters. The van der Waals surface area contributed by atoms with Gasteiger partial charge in [0, 0.05) is 6.42 Å². The van der Waals surface area contributed by atoms with E-state index in [1.54, 1.807) is 30.3 Å². The van der Waals surface area contributed by atoms with Gasteiger partial charge in [-0.2, -0.15) is 21.6 Å². The van der Waals surface area contributed by atoms with E-state index in [9.17, 15) is 26.4 Å². The highest BCUT2D eigenvalue weighted by atomic mass is 32.2. The van der Waals surface area contributed by atoms with E-state index >= 15 is 0 Å². The molecule has 0 spiro atoms. The topological polar surface area (TPSA) is 69.7 Å². The van der Waals surface area contributed by atoms with Crippen LogP contribution in [-0.2, 0) is 30.3 Å². The maximum atomic E-state index is 12.4. The molecule has 0 aliphatic carbocycles. The molecule has 0 bridgehead atoms. The second-order valence-electron chi connectivity index (χ2n) is 4.40. The number of allylic oxidation sites excluding steroid dienone is 1. The predicted octanol–water partition coefficient (Wildman–Crippen LogP) is 2.93. The molecule has 9 heteroatoms. The minimum Gasteiger partial charge on any atom is -0.463 e. The lowest BCUT2D eigenvalue weighted by atomic mass is 10.0. The number of halogens is 3. The smallest absolute Gasteiger partial charge is 0.463 e. The zero-order chi connectivity index (χ0) is 17.7. The Kier molecular flexibility index (Phi) is 6.20. The second kappa shape index (κ2) is 7.49. The van der Waals surface area contributed by atoms with Gasteiger partial charge >= 0.3 is 21.6 Å². The van der Waals surface area contributed by atoms with Gasteiger partial charge < -0.3 is 8.92 Å². The van der Waals surface area contributed by atoms with Crippen molar-refractivity contribution in [1.82, 2.24) is 0 Å². The molecule has 0 N–H and O–H groups in total. The summed E-state index contributed by atoms with van der Waals surface area (Å²) in [7, 11) is -5.85. The van der Waals surface area contributed by atoms with Crippen molar-refractivity contribution in [2.24, 2.45) is 0 Å². The van der Waals surface area contributed by atoms with Gasteiger partial charge in [0.15, 0.2) is 0 Å². The number of hydrogen-bond acceptors (Lipinski definition) is 5. The third-order valence-electron chi connectivity index (χ3n) is 2.69. The number of alkyl halides is 3. The van der Waals surface area contributed by atoms with Crippen molar-refractivity contribution < 1.29 is 35.3 Å². The maximum absolute atomic E-state index is 12.4. The second-order valence-corrected chi connectivity index (χ2v) is 5.94. The van der Waals surface area contributed by atoms with E-state index in [0.717, 1.165) is 6.92 Å². The van der Waals surface area contributed by atoms with Crippen LogP contribution in [0.2, 0.25) is 0 Å². The van der Waals surface area contributed by atoms with Gasteiger partial charge in [-0.1, -0.05) is 30.3 Å². The van der Waals surface area contributed by atoms with Crippen molar-refractivity contribution in [2.45, 2.75) is 25.8 Å². The molecule has 1 aromatic rings. The van der Waals surface area contributed by atoms with Gasteiger partial charge in [0.1, 0.15) is 5.76 Å². The minimum absolute atomic E-state index is 0.0174.